The van der Waals surface area contributed by atoms with E-state index >= 15 is 0 Å². The van der Waals surface area contributed by atoms with Gasteiger partial charge in [-0.25, -0.2) is 13.4 Å². The molecule has 16 heavy (non-hydrogen) atoms. The lowest BCUT2D eigenvalue weighted by atomic mass is 10.3. The van der Waals surface area contributed by atoms with Crippen molar-refractivity contribution in [2.24, 2.45) is 0 Å². The molecule has 6 nitrogen and oxygen atoms in total. The van der Waals surface area contributed by atoms with Crippen LogP contribution in [0.5, 0.6) is 0 Å². The number of imidazole rings is 1. The van der Waals surface area contributed by atoms with Crippen LogP contribution >= 0.6 is 11.6 Å². The Labute approximate surface area is 98.6 Å². The van der Waals surface area contributed by atoms with Crippen LogP contribution in [-0.4, -0.2) is 54.4 Å². The van der Waals surface area contributed by atoms with Crippen LogP contribution in [-0.2, 0) is 14.8 Å². The van der Waals surface area contributed by atoms with Crippen LogP contribution < -0.4 is 0 Å². The maximum absolute atomic E-state index is 12.2. The highest BCUT2D eigenvalue weighted by molar-refractivity contribution is 7.89. The summed E-state index contributed by atoms with van der Waals surface area (Å²) in [7, 11) is -3.53. The Kier molecular flexibility index (Phi) is 3.48. The summed E-state index contributed by atoms with van der Waals surface area (Å²) >= 11 is 5.73. The van der Waals surface area contributed by atoms with E-state index in [1.165, 1.54) is 16.8 Å². The lowest BCUT2D eigenvalue weighted by Crippen LogP contribution is -2.49. The highest BCUT2D eigenvalue weighted by Gasteiger charge is 2.34. The van der Waals surface area contributed by atoms with Crippen molar-refractivity contribution < 1.29 is 13.2 Å². The Balaban J connectivity index is 2.28. The summed E-state index contributed by atoms with van der Waals surface area (Å²) < 4.78 is 30.9. The smallest absolute Gasteiger partial charge is 0.260 e. The zero-order chi connectivity index (χ0) is 11.6. The van der Waals surface area contributed by atoms with Gasteiger partial charge < -0.3 is 9.72 Å². The molecule has 1 aliphatic rings. The van der Waals surface area contributed by atoms with Gasteiger partial charge in [0, 0.05) is 12.4 Å². The second-order valence-corrected chi connectivity index (χ2v) is 5.58. The number of sulfonamides is 1. The average Bonchev–Trinajstić information content (AvgIpc) is 2.83. The minimum atomic E-state index is -3.53. The normalized spacial score (nSPS) is 23.4. The van der Waals surface area contributed by atoms with Crippen LogP contribution in [0.4, 0.5) is 0 Å². The van der Waals surface area contributed by atoms with Gasteiger partial charge in [0.25, 0.3) is 10.0 Å². The molecule has 2 rings (SSSR count). The molecule has 2 heterocycles. The number of hydrogen-bond acceptors (Lipinski definition) is 4. The van der Waals surface area contributed by atoms with Crippen molar-refractivity contribution in [3.8, 4) is 0 Å². The van der Waals surface area contributed by atoms with Gasteiger partial charge in [-0.05, 0) is 0 Å². The monoisotopic (exact) mass is 265 g/mol. The number of aromatic amines is 1. The third kappa shape index (κ3) is 2.08. The summed E-state index contributed by atoms with van der Waals surface area (Å²) in [6.45, 7) is 1.04. The fourth-order valence-corrected chi connectivity index (χ4v) is 3.42. The number of alkyl halides is 1. The lowest BCUT2D eigenvalue weighted by molar-refractivity contribution is 0.0403. The minimum Gasteiger partial charge on any atom is -0.378 e. The number of nitrogens with zero attached hydrogens (tertiary/aromatic N) is 2. The maximum atomic E-state index is 12.2. The molecule has 1 fully saturated rings. The number of rotatable bonds is 3. The molecule has 0 radical (unpaired) electrons. The number of nitrogens with one attached hydrogen (secondary N) is 1. The fourth-order valence-electron chi connectivity index (χ4n) is 1.59. The maximum Gasteiger partial charge on any atom is 0.260 e. The van der Waals surface area contributed by atoms with Crippen molar-refractivity contribution in [1.29, 1.82) is 0 Å². The van der Waals surface area contributed by atoms with Crippen molar-refractivity contribution >= 4 is 21.6 Å². The molecule has 1 N–H and O–H groups in total. The summed E-state index contributed by atoms with van der Waals surface area (Å²) in [5.74, 6) is 0.216. The van der Waals surface area contributed by atoms with E-state index in [2.05, 4.69) is 9.97 Å². The summed E-state index contributed by atoms with van der Waals surface area (Å²) in [5, 5.41) is 0.0875. The van der Waals surface area contributed by atoms with E-state index < -0.39 is 10.0 Å². The molecule has 0 amide bonds. The Morgan fingerprint density at radius 2 is 2.50 bits per heavy atom. The highest BCUT2D eigenvalue weighted by atomic mass is 35.5. The van der Waals surface area contributed by atoms with Gasteiger partial charge in [-0.3, -0.25) is 0 Å². The molecule has 0 aromatic carbocycles. The zero-order valence-corrected chi connectivity index (χ0v) is 10.0. The molecular weight excluding hydrogens is 254 g/mol. The molecule has 1 atom stereocenters. The molecule has 0 saturated carbocycles. The number of ether oxygens (including phenoxy) is 1. The van der Waals surface area contributed by atoms with Crippen LogP contribution in [0.1, 0.15) is 0 Å². The van der Waals surface area contributed by atoms with Crippen molar-refractivity contribution in [3.63, 3.8) is 0 Å². The third-order valence-electron chi connectivity index (χ3n) is 2.41. The first-order chi connectivity index (χ1) is 7.66. The van der Waals surface area contributed by atoms with E-state index in [1.807, 2.05) is 0 Å². The SMILES string of the molecule is O=S(=O)(c1cnc[nH]1)N1CCOCC1CCl. The van der Waals surface area contributed by atoms with Crippen molar-refractivity contribution in [2.45, 2.75) is 11.1 Å². The van der Waals surface area contributed by atoms with Gasteiger partial charge in [0.2, 0.25) is 0 Å². The van der Waals surface area contributed by atoms with Crippen LogP contribution in [0.3, 0.4) is 0 Å². The van der Waals surface area contributed by atoms with Gasteiger partial charge in [0.1, 0.15) is 0 Å². The average molecular weight is 266 g/mol. The van der Waals surface area contributed by atoms with Gasteiger partial charge in [0.15, 0.2) is 5.03 Å². The Hall–Kier alpha value is -0.630. The van der Waals surface area contributed by atoms with E-state index in [4.69, 9.17) is 16.3 Å². The van der Waals surface area contributed by atoms with Crippen molar-refractivity contribution in [3.05, 3.63) is 12.5 Å². The zero-order valence-electron chi connectivity index (χ0n) is 8.47. The Morgan fingerprint density at radius 3 is 3.12 bits per heavy atom. The van der Waals surface area contributed by atoms with Crippen LogP contribution in [0.2, 0.25) is 0 Å². The first-order valence-electron chi connectivity index (χ1n) is 4.80. The number of aromatic nitrogens is 2. The molecule has 1 unspecified atom stereocenters. The third-order valence-corrected chi connectivity index (χ3v) is 4.64. The minimum absolute atomic E-state index is 0.0875. The summed E-state index contributed by atoms with van der Waals surface area (Å²) in [6, 6.07) is -0.316. The van der Waals surface area contributed by atoms with Gasteiger partial charge in [-0.2, -0.15) is 4.31 Å². The number of morpholine rings is 1. The molecule has 0 spiro atoms. The van der Waals surface area contributed by atoms with E-state index in [0.29, 0.717) is 19.8 Å². The second-order valence-electron chi connectivity index (χ2n) is 3.41. The molecule has 1 aliphatic heterocycles. The predicted octanol–water partition coefficient (Wildman–Crippen LogP) is 0.0380. The van der Waals surface area contributed by atoms with Gasteiger partial charge >= 0.3 is 0 Å². The summed E-state index contributed by atoms with van der Waals surface area (Å²) in [6.07, 6.45) is 2.62. The van der Waals surface area contributed by atoms with Gasteiger partial charge in [0.05, 0.1) is 31.8 Å². The largest absolute Gasteiger partial charge is 0.378 e. The van der Waals surface area contributed by atoms with E-state index in [9.17, 15) is 8.42 Å². The number of halogens is 1. The summed E-state index contributed by atoms with van der Waals surface area (Å²) in [4.78, 5) is 6.30. The first kappa shape index (κ1) is 11.8. The molecule has 1 aromatic rings. The molecule has 90 valence electrons. The molecule has 8 heteroatoms. The lowest BCUT2D eigenvalue weighted by Gasteiger charge is -2.32. The van der Waals surface area contributed by atoms with Gasteiger partial charge in [-0.1, -0.05) is 0 Å². The first-order valence-corrected chi connectivity index (χ1v) is 6.77. The van der Waals surface area contributed by atoms with Crippen molar-refractivity contribution in [1.82, 2.24) is 14.3 Å². The van der Waals surface area contributed by atoms with E-state index in [-0.39, 0.29) is 16.9 Å². The van der Waals surface area contributed by atoms with Crippen LogP contribution in [0.25, 0.3) is 0 Å². The standard InChI is InChI=1S/C8H12ClN3O3S/c9-3-7-5-15-2-1-12(7)16(13,14)8-4-10-6-11-8/h4,6-7H,1-3,5H2,(H,10,11). The molecular formula is C8H12ClN3O3S. The second kappa shape index (κ2) is 4.70. The Bertz CT molecular complexity index is 433. The fraction of sp³-hybridized carbons (Fsp3) is 0.625. The van der Waals surface area contributed by atoms with E-state index in [1.54, 1.807) is 0 Å². The highest BCUT2D eigenvalue weighted by Crippen LogP contribution is 2.19. The number of H-pyrrole nitrogens is 1. The quantitative estimate of drug-likeness (QED) is 0.783. The number of hydrogen-bond donors (Lipinski definition) is 1. The summed E-state index contributed by atoms with van der Waals surface area (Å²) in [5.41, 5.74) is 0. The van der Waals surface area contributed by atoms with Gasteiger partial charge in [-0.15, -0.1) is 11.6 Å². The molecule has 0 aliphatic carbocycles. The Morgan fingerprint density at radius 1 is 1.69 bits per heavy atom. The molecule has 0 bridgehead atoms. The van der Waals surface area contributed by atoms with E-state index in [0.717, 1.165) is 0 Å². The predicted molar refractivity (Wildman–Crippen MR) is 57.8 cm³/mol. The van der Waals surface area contributed by atoms with Crippen LogP contribution in [0.15, 0.2) is 17.6 Å². The van der Waals surface area contributed by atoms with Crippen molar-refractivity contribution in [2.75, 3.05) is 25.6 Å². The molecule has 1 saturated heterocycles. The molecule has 1 aromatic heterocycles. The van der Waals surface area contributed by atoms with Crippen LogP contribution in [0, 0.1) is 0 Å². The topological polar surface area (TPSA) is 75.3 Å².